The van der Waals surface area contributed by atoms with Gasteiger partial charge >= 0.3 is 5.97 Å². The van der Waals surface area contributed by atoms with Gasteiger partial charge in [0.2, 0.25) is 0 Å². The summed E-state index contributed by atoms with van der Waals surface area (Å²) in [6.07, 6.45) is 1.33. The van der Waals surface area contributed by atoms with Gasteiger partial charge in [-0.1, -0.05) is 0 Å². The Morgan fingerprint density at radius 2 is 1.62 bits per heavy atom. The molecule has 2 aromatic rings. The second kappa shape index (κ2) is 8.35. The van der Waals surface area contributed by atoms with Gasteiger partial charge in [-0.25, -0.2) is 4.79 Å². The number of nitrogens with zero attached hydrogens (tertiary/aromatic N) is 2. The summed E-state index contributed by atoms with van der Waals surface area (Å²) < 4.78 is 0. The van der Waals surface area contributed by atoms with Crippen molar-refractivity contribution in [1.82, 2.24) is 0 Å². The molecule has 0 aromatic heterocycles. The van der Waals surface area contributed by atoms with E-state index in [-0.39, 0.29) is 11.1 Å². The van der Waals surface area contributed by atoms with Crippen LogP contribution in [0.2, 0.25) is 0 Å². The minimum atomic E-state index is -1.05. The van der Waals surface area contributed by atoms with Gasteiger partial charge < -0.3 is 20.6 Å². The Balaban J connectivity index is 2.04. The molecule has 0 saturated carbocycles. The molecule has 132 valence electrons. The Hall–Kier alpha value is -3.79. The summed E-state index contributed by atoms with van der Waals surface area (Å²) in [6, 6.07) is 15.0. The molecule has 0 unspecified atom stereocenters. The average Bonchev–Trinajstić information content (AvgIpc) is 2.63. The van der Waals surface area contributed by atoms with Gasteiger partial charge in [0, 0.05) is 37.4 Å². The molecule has 26 heavy (non-hydrogen) atoms. The number of nitriles is 1. The Morgan fingerprint density at radius 3 is 2.12 bits per heavy atom. The number of benzene rings is 2. The van der Waals surface area contributed by atoms with Crippen molar-refractivity contribution in [2.75, 3.05) is 29.6 Å². The highest BCUT2D eigenvalue weighted by molar-refractivity contribution is 6.06. The van der Waals surface area contributed by atoms with Gasteiger partial charge in [-0.2, -0.15) is 5.26 Å². The SMILES string of the molecule is CN(C)c1ccc(N/C=C(/C#N)C(=O)Nc2ccc(C(=O)O)cc2)cc1. The lowest BCUT2D eigenvalue weighted by molar-refractivity contribution is -0.112. The summed E-state index contributed by atoms with van der Waals surface area (Å²) in [5.74, 6) is -1.64. The fourth-order valence-electron chi connectivity index (χ4n) is 2.05. The first-order chi connectivity index (χ1) is 12.4. The van der Waals surface area contributed by atoms with Crippen molar-refractivity contribution in [2.45, 2.75) is 0 Å². The number of carbonyl (C=O) groups is 2. The molecule has 0 atom stereocenters. The van der Waals surface area contributed by atoms with E-state index >= 15 is 0 Å². The molecule has 0 heterocycles. The quantitative estimate of drug-likeness (QED) is 0.546. The van der Waals surface area contributed by atoms with Crippen molar-refractivity contribution in [3.8, 4) is 6.07 Å². The Morgan fingerprint density at radius 1 is 1.04 bits per heavy atom. The van der Waals surface area contributed by atoms with Crippen LogP contribution in [0.25, 0.3) is 0 Å². The maximum atomic E-state index is 12.2. The molecule has 2 rings (SSSR count). The molecule has 0 radical (unpaired) electrons. The van der Waals surface area contributed by atoms with Crippen LogP contribution < -0.4 is 15.5 Å². The maximum absolute atomic E-state index is 12.2. The molecule has 0 aliphatic carbocycles. The second-order valence-corrected chi connectivity index (χ2v) is 5.59. The Bertz CT molecular complexity index is 863. The topological polar surface area (TPSA) is 105 Å². The molecule has 3 N–H and O–H groups in total. The fourth-order valence-corrected chi connectivity index (χ4v) is 2.05. The summed E-state index contributed by atoms with van der Waals surface area (Å²) in [6.45, 7) is 0. The number of rotatable bonds is 6. The van der Waals surface area contributed by atoms with Crippen LogP contribution in [0.15, 0.2) is 60.3 Å². The number of anilines is 3. The number of carbonyl (C=O) groups excluding carboxylic acids is 1. The molecule has 2 aromatic carbocycles. The maximum Gasteiger partial charge on any atom is 0.335 e. The van der Waals surface area contributed by atoms with Crippen LogP contribution >= 0.6 is 0 Å². The first-order valence-electron chi connectivity index (χ1n) is 7.69. The van der Waals surface area contributed by atoms with Gasteiger partial charge in [0.25, 0.3) is 5.91 Å². The monoisotopic (exact) mass is 350 g/mol. The van der Waals surface area contributed by atoms with Crippen molar-refractivity contribution in [3.63, 3.8) is 0 Å². The van der Waals surface area contributed by atoms with Gasteiger partial charge in [0.15, 0.2) is 0 Å². The molecular formula is C19H18N4O3. The van der Waals surface area contributed by atoms with Gasteiger partial charge in [-0.05, 0) is 48.5 Å². The standard InChI is InChI=1S/C19H18N4O3/c1-23(2)17-9-7-15(8-10-17)21-12-14(11-20)18(24)22-16-5-3-13(4-6-16)19(25)26/h3-10,12,21H,1-2H3,(H,22,24)(H,25,26)/b14-12-. The third-order valence-corrected chi connectivity index (χ3v) is 3.52. The molecule has 0 spiro atoms. The summed E-state index contributed by atoms with van der Waals surface area (Å²) in [5.41, 5.74) is 2.17. The van der Waals surface area contributed by atoms with Gasteiger partial charge in [0.05, 0.1) is 5.56 Å². The highest BCUT2D eigenvalue weighted by Gasteiger charge is 2.10. The van der Waals surface area contributed by atoms with Crippen LogP contribution in [-0.4, -0.2) is 31.1 Å². The minimum absolute atomic E-state index is 0.107. The number of carboxylic acids is 1. The summed E-state index contributed by atoms with van der Waals surface area (Å²) in [5, 5.41) is 23.5. The Labute approximate surface area is 151 Å². The summed E-state index contributed by atoms with van der Waals surface area (Å²) >= 11 is 0. The molecule has 0 bridgehead atoms. The number of amides is 1. The van der Waals surface area contributed by atoms with Crippen molar-refractivity contribution in [2.24, 2.45) is 0 Å². The van der Waals surface area contributed by atoms with Crippen molar-refractivity contribution >= 4 is 28.9 Å². The van der Waals surface area contributed by atoms with Crippen LogP contribution in [0.4, 0.5) is 17.1 Å². The first-order valence-corrected chi connectivity index (χ1v) is 7.69. The molecule has 0 aliphatic heterocycles. The van der Waals surface area contributed by atoms with E-state index in [1.165, 1.54) is 30.5 Å². The first kappa shape index (κ1) is 18.5. The van der Waals surface area contributed by atoms with Crippen molar-refractivity contribution in [1.29, 1.82) is 5.26 Å². The molecule has 7 nitrogen and oxygen atoms in total. The van der Waals surface area contributed by atoms with Crippen LogP contribution in [0.3, 0.4) is 0 Å². The van der Waals surface area contributed by atoms with Crippen molar-refractivity contribution in [3.05, 3.63) is 65.9 Å². The van der Waals surface area contributed by atoms with E-state index in [2.05, 4.69) is 10.6 Å². The largest absolute Gasteiger partial charge is 0.478 e. The number of carboxylic acid groups (broad SMARTS) is 1. The number of nitrogens with one attached hydrogen (secondary N) is 2. The lowest BCUT2D eigenvalue weighted by Gasteiger charge is -2.12. The van der Waals surface area contributed by atoms with E-state index in [4.69, 9.17) is 5.11 Å². The molecule has 1 amide bonds. The molecule has 0 saturated heterocycles. The zero-order valence-electron chi connectivity index (χ0n) is 14.4. The predicted molar refractivity (Wildman–Crippen MR) is 100 cm³/mol. The van der Waals surface area contributed by atoms with E-state index in [0.717, 1.165) is 11.4 Å². The second-order valence-electron chi connectivity index (χ2n) is 5.59. The molecule has 0 fully saturated rings. The minimum Gasteiger partial charge on any atom is -0.478 e. The number of aromatic carboxylic acids is 1. The van der Waals surface area contributed by atoms with Gasteiger partial charge in [-0.15, -0.1) is 0 Å². The normalized spacial score (nSPS) is 10.6. The highest BCUT2D eigenvalue weighted by atomic mass is 16.4. The fraction of sp³-hybridized carbons (Fsp3) is 0.105. The molecule has 0 aliphatic rings. The average molecular weight is 350 g/mol. The smallest absolute Gasteiger partial charge is 0.335 e. The zero-order valence-corrected chi connectivity index (χ0v) is 14.4. The van der Waals surface area contributed by atoms with Crippen LogP contribution in [0, 0.1) is 11.3 Å². The van der Waals surface area contributed by atoms with Crippen LogP contribution in [0.1, 0.15) is 10.4 Å². The van der Waals surface area contributed by atoms with Crippen LogP contribution in [0.5, 0.6) is 0 Å². The number of hydrogen-bond acceptors (Lipinski definition) is 5. The van der Waals surface area contributed by atoms with Gasteiger partial charge in [0.1, 0.15) is 11.6 Å². The zero-order chi connectivity index (χ0) is 19.1. The molecular weight excluding hydrogens is 332 g/mol. The van der Waals surface area contributed by atoms with E-state index < -0.39 is 11.9 Å². The lowest BCUT2D eigenvalue weighted by atomic mass is 10.2. The van der Waals surface area contributed by atoms with E-state index in [9.17, 15) is 14.9 Å². The van der Waals surface area contributed by atoms with E-state index in [1.54, 1.807) is 0 Å². The van der Waals surface area contributed by atoms with E-state index in [1.807, 2.05) is 49.3 Å². The van der Waals surface area contributed by atoms with Crippen LogP contribution in [-0.2, 0) is 4.79 Å². The lowest BCUT2D eigenvalue weighted by Crippen LogP contribution is -2.14. The summed E-state index contributed by atoms with van der Waals surface area (Å²) in [7, 11) is 3.87. The van der Waals surface area contributed by atoms with E-state index in [0.29, 0.717) is 5.69 Å². The van der Waals surface area contributed by atoms with Crippen molar-refractivity contribution < 1.29 is 14.7 Å². The Kier molecular flexibility index (Phi) is 5.96. The third-order valence-electron chi connectivity index (χ3n) is 3.52. The van der Waals surface area contributed by atoms with Gasteiger partial charge in [-0.3, -0.25) is 4.79 Å². The molecule has 7 heteroatoms. The highest BCUT2D eigenvalue weighted by Crippen LogP contribution is 2.16. The summed E-state index contributed by atoms with van der Waals surface area (Å²) in [4.78, 5) is 24.9. The number of hydrogen-bond donors (Lipinski definition) is 3. The third kappa shape index (κ3) is 4.85. The predicted octanol–water partition coefficient (Wildman–Crippen LogP) is 2.91.